The number of nitrogens with one attached hydrogen (secondary N) is 1. The maximum atomic E-state index is 13.8. The third-order valence-electron chi connectivity index (χ3n) is 5.33. The average Bonchev–Trinajstić information content (AvgIpc) is 3.33. The summed E-state index contributed by atoms with van der Waals surface area (Å²) in [5.41, 5.74) is 0.554. The summed E-state index contributed by atoms with van der Waals surface area (Å²) in [4.78, 5) is 27.7. The molecule has 1 saturated heterocycles. The molecular formula is C23H26ClFN2O5. The van der Waals surface area contributed by atoms with Crippen LogP contribution in [-0.2, 0) is 9.53 Å². The van der Waals surface area contributed by atoms with Crippen molar-refractivity contribution >= 4 is 29.1 Å². The van der Waals surface area contributed by atoms with Crippen molar-refractivity contribution in [1.82, 2.24) is 5.32 Å². The predicted octanol–water partition coefficient (Wildman–Crippen LogP) is 3.83. The number of ether oxygens (including phenoxy) is 3. The quantitative estimate of drug-likeness (QED) is 0.642. The summed E-state index contributed by atoms with van der Waals surface area (Å²) in [6.45, 7) is 2.63. The highest BCUT2D eigenvalue weighted by atomic mass is 35.5. The Labute approximate surface area is 191 Å². The first-order valence-corrected chi connectivity index (χ1v) is 10.6. The van der Waals surface area contributed by atoms with Gasteiger partial charge in [0, 0.05) is 24.4 Å². The van der Waals surface area contributed by atoms with E-state index in [0.29, 0.717) is 24.7 Å². The molecule has 2 atom stereocenters. The first kappa shape index (κ1) is 23.8. The molecule has 0 saturated carbocycles. The number of hydrogen-bond acceptors (Lipinski definition) is 5. The highest BCUT2D eigenvalue weighted by Gasteiger charge is 2.30. The smallest absolute Gasteiger partial charge is 0.259 e. The maximum absolute atomic E-state index is 13.8. The van der Waals surface area contributed by atoms with Crippen LogP contribution in [-0.4, -0.2) is 51.3 Å². The number of nitrogens with zero attached hydrogens (tertiary/aromatic N) is 1. The van der Waals surface area contributed by atoms with Crippen molar-refractivity contribution in [2.45, 2.75) is 31.9 Å². The second-order valence-electron chi connectivity index (χ2n) is 7.40. The molecule has 0 aromatic heterocycles. The van der Waals surface area contributed by atoms with Gasteiger partial charge in [-0.1, -0.05) is 11.6 Å². The summed E-state index contributed by atoms with van der Waals surface area (Å²) in [5, 5.41) is 2.68. The zero-order valence-corrected chi connectivity index (χ0v) is 18.9. The summed E-state index contributed by atoms with van der Waals surface area (Å²) >= 11 is 5.96. The molecule has 1 N–H and O–H groups in total. The largest absolute Gasteiger partial charge is 0.493 e. The molecule has 2 aromatic rings. The first-order chi connectivity index (χ1) is 15.3. The Morgan fingerprint density at radius 3 is 2.59 bits per heavy atom. The summed E-state index contributed by atoms with van der Waals surface area (Å²) in [6.07, 6.45) is 1.78. The van der Waals surface area contributed by atoms with E-state index in [9.17, 15) is 14.0 Å². The first-order valence-electron chi connectivity index (χ1n) is 10.3. The third kappa shape index (κ3) is 5.31. The van der Waals surface area contributed by atoms with Gasteiger partial charge in [0.1, 0.15) is 11.9 Å². The van der Waals surface area contributed by atoms with Crippen molar-refractivity contribution < 1.29 is 28.2 Å². The van der Waals surface area contributed by atoms with Gasteiger partial charge in [-0.05, 0) is 56.2 Å². The van der Waals surface area contributed by atoms with E-state index < -0.39 is 17.8 Å². The number of hydrogen-bond donors (Lipinski definition) is 1. The van der Waals surface area contributed by atoms with Crippen molar-refractivity contribution in [3.8, 4) is 11.5 Å². The molecule has 0 bridgehead atoms. The molecule has 7 nitrogen and oxygen atoms in total. The average molecular weight is 465 g/mol. The molecule has 9 heteroatoms. The fourth-order valence-electron chi connectivity index (χ4n) is 3.54. The van der Waals surface area contributed by atoms with E-state index >= 15 is 0 Å². The molecule has 2 unspecified atom stereocenters. The van der Waals surface area contributed by atoms with Gasteiger partial charge in [0.05, 0.1) is 25.3 Å². The lowest BCUT2D eigenvalue weighted by Gasteiger charge is -2.29. The van der Waals surface area contributed by atoms with Gasteiger partial charge in [-0.15, -0.1) is 0 Å². The summed E-state index contributed by atoms with van der Waals surface area (Å²) in [6, 6.07) is 7.67. The molecule has 1 fully saturated rings. The van der Waals surface area contributed by atoms with Crippen molar-refractivity contribution in [2.24, 2.45) is 0 Å². The van der Waals surface area contributed by atoms with Gasteiger partial charge in [-0.2, -0.15) is 0 Å². The van der Waals surface area contributed by atoms with Gasteiger partial charge in [-0.25, -0.2) is 4.39 Å². The number of anilines is 1. The van der Waals surface area contributed by atoms with Crippen LogP contribution in [0.25, 0.3) is 0 Å². The number of carbonyl (C=O) groups excluding carboxylic acids is 2. The normalized spacial score (nSPS) is 16.3. The lowest BCUT2D eigenvalue weighted by atomic mass is 10.1. The van der Waals surface area contributed by atoms with Gasteiger partial charge < -0.3 is 19.5 Å². The minimum absolute atomic E-state index is 0.0404. The molecule has 172 valence electrons. The van der Waals surface area contributed by atoms with E-state index in [1.807, 2.05) is 0 Å². The van der Waals surface area contributed by atoms with Crippen molar-refractivity contribution in [3.05, 3.63) is 52.8 Å². The number of amides is 2. The fraction of sp³-hybridized carbons (Fsp3) is 0.391. The third-order valence-corrected chi connectivity index (χ3v) is 5.61. The van der Waals surface area contributed by atoms with E-state index in [2.05, 4.69) is 5.32 Å². The molecule has 3 rings (SSSR count). The number of methoxy groups -OCH3 is 2. The second-order valence-corrected chi connectivity index (χ2v) is 7.81. The highest BCUT2D eigenvalue weighted by Crippen LogP contribution is 2.30. The van der Waals surface area contributed by atoms with E-state index in [1.54, 1.807) is 19.1 Å². The molecule has 2 amide bonds. The van der Waals surface area contributed by atoms with Crippen LogP contribution in [0, 0.1) is 5.82 Å². The van der Waals surface area contributed by atoms with Gasteiger partial charge in [0.25, 0.3) is 5.91 Å². The van der Waals surface area contributed by atoms with Gasteiger partial charge in [0.15, 0.2) is 11.5 Å². The highest BCUT2D eigenvalue weighted by molar-refractivity contribution is 6.31. The number of rotatable bonds is 8. The lowest BCUT2D eigenvalue weighted by Crippen LogP contribution is -2.49. The van der Waals surface area contributed by atoms with Crippen molar-refractivity contribution in [1.29, 1.82) is 0 Å². The second kappa shape index (κ2) is 10.7. The summed E-state index contributed by atoms with van der Waals surface area (Å²) in [7, 11) is 2.96. The Balaban J connectivity index is 1.91. The van der Waals surface area contributed by atoms with Crippen molar-refractivity contribution in [2.75, 3.05) is 32.3 Å². The van der Waals surface area contributed by atoms with E-state index in [-0.39, 0.29) is 28.3 Å². The number of halogens is 2. The Morgan fingerprint density at radius 1 is 1.22 bits per heavy atom. The minimum Gasteiger partial charge on any atom is -0.493 e. The molecule has 32 heavy (non-hydrogen) atoms. The number of carbonyl (C=O) groups is 2. The molecule has 1 aliphatic rings. The van der Waals surface area contributed by atoms with Crippen LogP contribution in [0.5, 0.6) is 11.5 Å². The minimum atomic E-state index is -0.904. The lowest BCUT2D eigenvalue weighted by molar-refractivity contribution is -0.122. The van der Waals surface area contributed by atoms with E-state index in [1.165, 1.54) is 37.3 Å². The molecular weight excluding hydrogens is 439 g/mol. The Hall–Kier alpha value is -2.84. The summed E-state index contributed by atoms with van der Waals surface area (Å²) < 4.78 is 29.8. The molecule has 1 heterocycles. The van der Waals surface area contributed by atoms with Crippen LogP contribution < -0.4 is 19.7 Å². The molecule has 0 aliphatic carbocycles. The Morgan fingerprint density at radius 2 is 1.97 bits per heavy atom. The molecule has 0 spiro atoms. The van der Waals surface area contributed by atoms with Crippen LogP contribution in [0.1, 0.15) is 30.1 Å². The van der Waals surface area contributed by atoms with Crippen LogP contribution in [0.2, 0.25) is 5.02 Å². The Bertz CT molecular complexity index is 981. The molecule has 1 aliphatic heterocycles. The van der Waals surface area contributed by atoms with Crippen LogP contribution >= 0.6 is 11.6 Å². The standard InChI is InChI=1S/C23H26ClFN2O5/c1-14(22(28)26-13-17-5-4-10-32-17)27(16-7-8-19(25)18(24)12-16)23(29)15-6-9-20(30-2)21(11-15)31-3/h6-9,11-12,14,17H,4-5,10,13H2,1-3H3,(H,26,28). The van der Waals surface area contributed by atoms with E-state index in [0.717, 1.165) is 18.9 Å². The molecule has 0 radical (unpaired) electrons. The zero-order valence-electron chi connectivity index (χ0n) is 18.2. The van der Waals surface area contributed by atoms with Gasteiger partial charge in [0.2, 0.25) is 5.91 Å². The monoisotopic (exact) mass is 464 g/mol. The van der Waals surface area contributed by atoms with Crippen molar-refractivity contribution in [3.63, 3.8) is 0 Å². The predicted molar refractivity (Wildman–Crippen MR) is 119 cm³/mol. The van der Waals surface area contributed by atoms with E-state index in [4.69, 9.17) is 25.8 Å². The van der Waals surface area contributed by atoms with Crippen LogP contribution in [0.4, 0.5) is 10.1 Å². The fourth-order valence-corrected chi connectivity index (χ4v) is 3.72. The van der Waals surface area contributed by atoms with Crippen LogP contribution in [0.15, 0.2) is 36.4 Å². The van der Waals surface area contributed by atoms with Gasteiger partial charge >= 0.3 is 0 Å². The Kier molecular flexibility index (Phi) is 7.93. The van der Waals surface area contributed by atoms with Crippen LogP contribution in [0.3, 0.4) is 0 Å². The zero-order chi connectivity index (χ0) is 23.3. The molecule has 2 aromatic carbocycles. The number of benzene rings is 2. The SMILES string of the molecule is COc1ccc(C(=O)N(c2ccc(F)c(Cl)c2)C(C)C(=O)NCC2CCCO2)cc1OC. The maximum Gasteiger partial charge on any atom is 0.259 e. The topological polar surface area (TPSA) is 77.1 Å². The van der Waals surface area contributed by atoms with Gasteiger partial charge in [-0.3, -0.25) is 14.5 Å². The summed E-state index contributed by atoms with van der Waals surface area (Å²) in [5.74, 6) is -0.638.